The van der Waals surface area contributed by atoms with Crippen LogP contribution in [0.3, 0.4) is 0 Å². The number of nitrogens with zero attached hydrogens (tertiary/aromatic N) is 2. The maximum absolute atomic E-state index is 13.1. The summed E-state index contributed by atoms with van der Waals surface area (Å²) < 4.78 is 43.9. The van der Waals surface area contributed by atoms with Gasteiger partial charge in [-0.25, -0.2) is 4.79 Å². The summed E-state index contributed by atoms with van der Waals surface area (Å²) in [6.45, 7) is 1.66. The fourth-order valence-electron chi connectivity index (χ4n) is 4.02. The zero-order valence-electron chi connectivity index (χ0n) is 17.4. The molecular weight excluding hydrogens is 425 g/mol. The minimum Gasteiger partial charge on any atom is -0.383 e. The van der Waals surface area contributed by atoms with Crippen LogP contribution in [-0.4, -0.2) is 29.3 Å². The summed E-state index contributed by atoms with van der Waals surface area (Å²) in [7, 11) is 1.49. The molecule has 1 aliphatic rings. The summed E-state index contributed by atoms with van der Waals surface area (Å²) in [6.07, 6.45) is -4.64. The number of hydrogen-bond donors (Lipinski definition) is 1. The van der Waals surface area contributed by atoms with Crippen molar-refractivity contribution >= 4 is 22.4 Å². The van der Waals surface area contributed by atoms with Crippen LogP contribution in [0, 0.1) is 6.92 Å². The Morgan fingerprint density at radius 3 is 2.59 bits per heavy atom. The Labute approximate surface area is 181 Å². The number of aryl methyl sites for hydroxylation is 1. The Bertz CT molecular complexity index is 1250. The number of halogens is 3. The van der Waals surface area contributed by atoms with Crippen LogP contribution in [0.2, 0.25) is 0 Å². The van der Waals surface area contributed by atoms with Gasteiger partial charge in [-0.1, -0.05) is 23.4 Å². The Balaban J connectivity index is 1.55. The SMILES string of the molecule is Cc1noc(=O)c2ccc(N(C)C(=O)C(O)CC3(c4cccc(C(F)(F)F)c4)CC3)cc12. The Kier molecular flexibility index (Phi) is 5.32. The van der Waals surface area contributed by atoms with Crippen LogP contribution in [0.15, 0.2) is 51.8 Å². The molecule has 0 saturated heterocycles. The lowest BCUT2D eigenvalue weighted by Gasteiger charge is -2.25. The highest BCUT2D eigenvalue weighted by atomic mass is 19.4. The van der Waals surface area contributed by atoms with Crippen LogP contribution in [0.25, 0.3) is 10.8 Å². The van der Waals surface area contributed by atoms with Crippen LogP contribution in [0.5, 0.6) is 0 Å². The van der Waals surface area contributed by atoms with Gasteiger partial charge in [0.05, 0.1) is 16.6 Å². The third kappa shape index (κ3) is 4.00. The molecule has 2 aromatic carbocycles. The molecule has 1 N–H and O–H groups in total. The van der Waals surface area contributed by atoms with Crippen molar-refractivity contribution in [3.63, 3.8) is 0 Å². The molecule has 3 aromatic rings. The average Bonchev–Trinajstić information content (AvgIpc) is 3.55. The fourth-order valence-corrected chi connectivity index (χ4v) is 4.02. The summed E-state index contributed by atoms with van der Waals surface area (Å²) in [5, 5.41) is 15.2. The highest BCUT2D eigenvalue weighted by Gasteiger charge is 2.47. The van der Waals surface area contributed by atoms with Crippen LogP contribution in [0.4, 0.5) is 18.9 Å². The van der Waals surface area contributed by atoms with E-state index < -0.39 is 34.8 Å². The lowest BCUT2D eigenvalue weighted by atomic mass is 9.88. The maximum Gasteiger partial charge on any atom is 0.416 e. The fraction of sp³-hybridized carbons (Fsp3) is 0.348. The molecule has 0 bridgehead atoms. The van der Waals surface area contributed by atoms with E-state index in [1.54, 1.807) is 25.1 Å². The molecule has 1 aromatic heterocycles. The number of aliphatic hydroxyl groups is 1. The minimum atomic E-state index is -4.46. The van der Waals surface area contributed by atoms with E-state index in [9.17, 15) is 27.9 Å². The van der Waals surface area contributed by atoms with Crippen LogP contribution >= 0.6 is 0 Å². The summed E-state index contributed by atoms with van der Waals surface area (Å²) in [4.78, 5) is 26.0. The number of aromatic nitrogens is 1. The zero-order chi connectivity index (χ0) is 23.3. The topological polar surface area (TPSA) is 83.6 Å². The number of aliphatic hydroxyl groups excluding tert-OH is 1. The van der Waals surface area contributed by atoms with Crippen molar-refractivity contribution in [3.05, 3.63) is 69.7 Å². The maximum atomic E-state index is 13.1. The molecule has 1 heterocycles. The number of amides is 1. The molecule has 4 rings (SSSR count). The first-order chi connectivity index (χ1) is 15.0. The second-order valence-corrected chi connectivity index (χ2v) is 8.26. The van der Waals surface area contributed by atoms with Gasteiger partial charge < -0.3 is 14.5 Å². The van der Waals surface area contributed by atoms with Crippen LogP contribution in [0.1, 0.15) is 36.1 Å². The number of hydrogen-bond acceptors (Lipinski definition) is 5. The van der Waals surface area contributed by atoms with Gasteiger partial charge in [0.2, 0.25) is 0 Å². The third-order valence-corrected chi connectivity index (χ3v) is 6.12. The second kappa shape index (κ2) is 7.74. The van der Waals surface area contributed by atoms with Crippen LogP contribution < -0.4 is 10.5 Å². The van der Waals surface area contributed by atoms with Gasteiger partial charge in [0.15, 0.2) is 0 Å². The lowest BCUT2D eigenvalue weighted by molar-refractivity contribution is -0.137. The van der Waals surface area contributed by atoms with Gasteiger partial charge in [-0.3, -0.25) is 4.79 Å². The molecular formula is C23H21F3N2O4. The molecule has 32 heavy (non-hydrogen) atoms. The lowest BCUT2D eigenvalue weighted by Crippen LogP contribution is -2.38. The van der Waals surface area contributed by atoms with Gasteiger partial charge in [-0.15, -0.1) is 0 Å². The Morgan fingerprint density at radius 1 is 1.22 bits per heavy atom. The van der Waals surface area contributed by atoms with Crippen molar-refractivity contribution in [1.29, 1.82) is 0 Å². The van der Waals surface area contributed by atoms with Crippen molar-refractivity contribution in [3.8, 4) is 0 Å². The predicted molar refractivity (Wildman–Crippen MR) is 111 cm³/mol. The second-order valence-electron chi connectivity index (χ2n) is 8.26. The van der Waals surface area contributed by atoms with E-state index in [1.807, 2.05) is 0 Å². The number of likely N-dealkylation sites (N-methyl/N-ethyl adjacent to an activating group) is 1. The number of carbonyl (C=O) groups excluding carboxylic acids is 1. The molecule has 1 fully saturated rings. The van der Waals surface area contributed by atoms with E-state index >= 15 is 0 Å². The van der Waals surface area contributed by atoms with E-state index in [0.29, 0.717) is 40.6 Å². The van der Waals surface area contributed by atoms with Crippen molar-refractivity contribution in [2.75, 3.05) is 11.9 Å². The Hall–Kier alpha value is -3.20. The molecule has 6 nitrogen and oxygen atoms in total. The highest BCUT2D eigenvalue weighted by molar-refractivity contribution is 5.98. The van der Waals surface area contributed by atoms with Gasteiger partial charge in [-0.05, 0) is 61.4 Å². The van der Waals surface area contributed by atoms with Crippen molar-refractivity contribution in [2.24, 2.45) is 0 Å². The Morgan fingerprint density at radius 2 is 1.94 bits per heavy atom. The number of anilines is 1. The molecule has 1 atom stereocenters. The molecule has 0 spiro atoms. The quantitative estimate of drug-likeness (QED) is 0.642. The predicted octanol–water partition coefficient (Wildman–Crippen LogP) is 3.96. The molecule has 0 radical (unpaired) electrons. The largest absolute Gasteiger partial charge is 0.416 e. The van der Waals surface area contributed by atoms with Crippen molar-refractivity contribution in [2.45, 2.75) is 43.9 Å². The van der Waals surface area contributed by atoms with E-state index in [4.69, 9.17) is 4.52 Å². The standard InChI is InChI=1S/C23H21F3N2O4/c1-13-18-11-16(6-7-17(18)21(31)32-27-13)28(2)20(30)19(29)12-22(8-9-22)14-4-3-5-15(10-14)23(24,25)26/h3-7,10-11,19,29H,8-9,12H2,1-2H3. The third-order valence-electron chi connectivity index (χ3n) is 6.12. The van der Waals surface area contributed by atoms with Gasteiger partial charge in [-0.2, -0.15) is 13.2 Å². The number of fused-ring (bicyclic) bond motifs is 1. The summed E-state index contributed by atoms with van der Waals surface area (Å²) >= 11 is 0. The number of carbonyl (C=O) groups is 1. The van der Waals surface area contributed by atoms with E-state index in [1.165, 1.54) is 24.1 Å². The first-order valence-electron chi connectivity index (χ1n) is 10.1. The molecule has 0 aliphatic heterocycles. The van der Waals surface area contributed by atoms with Crippen LogP contribution in [-0.2, 0) is 16.4 Å². The normalized spacial score (nSPS) is 16.1. The van der Waals surface area contributed by atoms with Gasteiger partial charge in [0, 0.05) is 18.1 Å². The highest BCUT2D eigenvalue weighted by Crippen LogP contribution is 2.52. The van der Waals surface area contributed by atoms with Gasteiger partial charge >= 0.3 is 11.8 Å². The summed E-state index contributed by atoms with van der Waals surface area (Å²) in [5.74, 6) is -0.587. The van der Waals surface area contributed by atoms with Crippen molar-refractivity contribution in [1.82, 2.24) is 5.16 Å². The molecule has 1 unspecified atom stereocenters. The van der Waals surface area contributed by atoms with Crippen molar-refractivity contribution < 1.29 is 27.6 Å². The molecule has 1 amide bonds. The van der Waals surface area contributed by atoms with E-state index in [-0.39, 0.29) is 6.42 Å². The monoisotopic (exact) mass is 446 g/mol. The summed E-state index contributed by atoms with van der Waals surface area (Å²) in [6, 6.07) is 9.74. The average molecular weight is 446 g/mol. The van der Waals surface area contributed by atoms with Gasteiger partial charge in [0.1, 0.15) is 6.10 Å². The van der Waals surface area contributed by atoms with Gasteiger partial charge in [0.25, 0.3) is 5.91 Å². The van der Waals surface area contributed by atoms with E-state index in [0.717, 1.165) is 12.1 Å². The van der Waals surface area contributed by atoms with E-state index in [2.05, 4.69) is 5.16 Å². The first kappa shape index (κ1) is 22.0. The smallest absolute Gasteiger partial charge is 0.383 e. The molecule has 1 aliphatic carbocycles. The number of benzene rings is 2. The zero-order valence-corrected chi connectivity index (χ0v) is 17.4. The molecule has 1 saturated carbocycles. The minimum absolute atomic E-state index is 0.0231. The number of alkyl halides is 3. The molecule has 168 valence electrons. The summed E-state index contributed by atoms with van der Waals surface area (Å²) in [5.41, 5.74) is -0.599. The molecule has 9 heteroatoms. The first-order valence-corrected chi connectivity index (χ1v) is 10.1. The number of rotatable bonds is 5.